The van der Waals surface area contributed by atoms with Crippen LogP contribution in [-0.2, 0) is 30.6 Å². The van der Waals surface area contributed by atoms with Gasteiger partial charge in [0.15, 0.2) is 0 Å². The molecule has 1 saturated heterocycles. The summed E-state index contributed by atoms with van der Waals surface area (Å²) in [5.74, 6) is -3.40. The number of alkyl halides is 2. The molecule has 0 radical (unpaired) electrons. The maximum Gasteiger partial charge on any atom is 0.248 e. The van der Waals surface area contributed by atoms with E-state index >= 15 is 0 Å². The normalized spacial score (nSPS) is 25.4. The zero-order valence-corrected chi connectivity index (χ0v) is 24.9. The Morgan fingerprint density at radius 3 is 1.70 bits per heavy atom. The van der Waals surface area contributed by atoms with Crippen molar-refractivity contribution in [3.05, 3.63) is 149 Å². The molecule has 0 saturated carbocycles. The third kappa shape index (κ3) is 3.57. The molecule has 5 aromatic carbocycles. The minimum atomic E-state index is -1.32. The lowest BCUT2D eigenvalue weighted by atomic mass is 9.54. The monoisotopic (exact) mass is 616 g/mol. The highest BCUT2D eigenvalue weighted by atomic mass is 35.5. The molecular formula is C37H26Cl2N2O3. The molecule has 9 rings (SSSR count). The Labute approximate surface area is 264 Å². The highest BCUT2D eigenvalue weighted by molar-refractivity contribution is 6.36. The van der Waals surface area contributed by atoms with E-state index in [2.05, 4.69) is 5.32 Å². The molecule has 0 spiro atoms. The van der Waals surface area contributed by atoms with E-state index in [1.807, 2.05) is 121 Å². The Morgan fingerprint density at radius 2 is 1.14 bits per heavy atom. The molecule has 5 nitrogen and oxygen atoms in total. The number of hydrogen-bond acceptors (Lipinski definition) is 3. The number of halogens is 2. The SMILES string of the molecule is O=C(Nc1cccc2ccccc12)[C@H](Cc1ccccc1)N1C(=O)[C@@H]2[C@@H](C1=O)C1(Cl)c3ccccc3C2(Cl)c2ccccc21. The Bertz CT molecular complexity index is 1880. The number of carbonyl (C=O) groups excluding carboxylic acids is 3. The van der Waals surface area contributed by atoms with Crippen LogP contribution in [0.2, 0.25) is 0 Å². The molecule has 3 aliphatic carbocycles. The van der Waals surface area contributed by atoms with Gasteiger partial charge in [0.05, 0.1) is 11.8 Å². The predicted molar refractivity (Wildman–Crippen MR) is 171 cm³/mol. The topological polar surface area (TPSA) is 66.5 Å². The van der Waals surface area contributed by atoms with Crippen LogP contribution in [0, 0.1) is 11.8 Å². The van der Waals surface area contributed by atoms with Gasteiger partial charge in [-0.2, -0.15) is 0 Å². The number of nitrogens with one attached hydrogen (secondary N) is 1. The standard InChI is InChI=1S/C37H26Cl2N2O3/c38-36-25-16-6-7-17-26(25)37(39,28-19-9-8-18-27(28)36)32-31(36)34(43)41(35(32)44)30(21-22-11-2-1-3-12-22)33(42)40-29-20-10-14-23-13-4-5-15-24(23)29/h1-20,30-32H,21H2,(H,40,42)/t30-,31-,32-,36?,37?/m0/s1. The van der Waals surface area contributed by atoms with Crippen LogP contribution in [0.25, 0.3) is 10.8 Å². The van der Waals surface area contributed by atoms with Crippen molar-refractivity contribution in [1.82, 2.24) is 4.90 Å². The van der Waals surface area contributed by atoms with Crippen LogP contribution in [0.3, 0.4) is 0 Å². The van der Waals surface area contributed by atoms with Crippen molar-refractivity contribution in [2.24, 2.45) is 11.8 Å². The quantitative estimate of drug-likeness (QED) is 0.171. The Morgan fingerprint density at radius 1 is 0.659 bits per heavy atom. The number of nitrogens with zero attached hydrogens (tertiary/aromatic N) is 1. The number of benzene rings is 5. The fraction of sp³-hybridized carbons (Fsp3) is 0.162. The van der Waals surface area contributed by atoms with Gasteiger partial charge in [0.2, 0.25) is 17.7 Å². The number of imide groups is 1. The largest absolute Gasteiger partial charge is 0.324 e. The summed E-state index contributed by atoms with van der Waals surface area (Å²) in [5, 5.41) is 4.87. The predicted octanol–water partition coefficient (Wildman–Crippen LogP) is 6.98. The molecule has 1 N–H and O–H groups in total. The van der Waals surface area contributed by atoms with Crippen molar-refractivity contribution < 1.29 is 14.4 Å². The van der Waals surface area contributed by atoms with E-state index in [0.717, 1.165) is 43.5 Å². The second kappa shape index (κ2) is 9.78. The number of likely N-dealkylation sites (tertiary alicyclic amines) is 1. The fourth-order valence-electron chi connectivity index (χ4n) is 7.68. The first-order chi connectivity index (χ1) is 21.3. The van der Waals surface area contributed by atoms with Crippen LogP contribution in [0.5, 0.6) is 0 Å². The molecular weight excluding hydrogens is 591 g/mol. The van der Waals surface area contributed by atoms with Gasteiger partial charge in [-0.25, -0.2) is 0 Å². The molecule has 216 valence electrons. The molecule has 7 heteroatoms. The maximum absolute atomic E-state index is 14.7. The van der Waals surface area contributed by atoms with Crippen molar-refractivity contribution >= 4 is 57.4 Å². The van der Waals surface area contributed by atoms with Gasteiger partial charge in [-0.1, -0.05) is 115 Å². The van der Waals surface area contributed by atoms with Crippen molar-refractivity contribution in [2.75, 3.05) is 5.32 Å². The molecule has 1 fully saturated rings. The average Bonchev–Trinajstić information content (AvgIpc) is 3.33. The van der Waals surface area contributed by atoms with Gasteiger partial charge in [-0.05, 0) is 39.3 Å². The van der Waals surface area contributed by atoms with Crippen molar-refractivity contribution in [3.8, 4) is 0 Å². The van der Waals surface area contributed by atoms with E-state index < -0.39 is 45.3 Å². The van der Waals surface area contributed by atoms with Crippen molar-refractivity contribution in [2.45, 2.75) is 22.2 Å². The van der Waals surface area contributed by atoms with Gasteiger partial charge in [-0.3, -0.25) is 19.3 Å². The third-order valence-electron chi connectivity index (χ3n) is 9.55. The zero-order valence-electron chi connectivity index (χ0n) is 23.4. The minimum absolute atomic E-state index is 0.138. The Hall–Kier alpha value is -4.45. The number of amides is 3. The summed E-state index contributed by atoms with van der Waals surface area (Å²) in [5.41, 5.74) is 4.31. The zero-order chi connectivity index (χ0) is 30.2. The molecule has 5 aromatic rings. The number of anilines is 1. The summed E-state index contributed by atoms with van der Waals surface area (Å²) in [7, 11) is 0. The van der Waals surface area contributed by atoms with E-state index in [0.29, 0.717) is 5.69 Å². The average molecular weight is 618 g/mol. The number of hydrogen-bond donors (Lipinski definition) is 1. The number of rotatable bonds is 5. The number of carbonyl (C=O) groups is 3. The summed E-state index contributed by atoms with van der Waals surface area (Å²) >= 11 is 15.3. The second-order valence-corrected chi connectivity index (χ2v) is 12.9. The first kappa shape index (κ1) is 27.1. The van der Waals surface area contributed by atoms with Gasteiger partial charge < -0.3 is 5.32 Å². The molecule has 3 atom stereocenters. The van der Waals surface area contributed by atoms with E-state index in [1.54, 1.807) is 0 Å². The summed E-state index contributed by atoms with van der Waals surface area (Å²) in [6.45, 7) is 0. The highest BCUT2D eigenvalue weighted by Crippen LogP contribution is 2.69. The third-order valence-corrected chi connectivity index (χ3v) is 10.8. The molecule has 1 aliphatic heterocycles. The van der Waals surface area contributed by atoms with Crippen LogP contribution in [0.15, 0.2) is 121 Å². The van der Waals surface area contributed by atoms with Crippen LogP contribution < -0.4 is 5.32 Å². The van der Waals surface area contributed by atoms with E-state index in [-0.39, 0.29) is 6.42 Å². The van der Waals surface area contributed by atoms with Crippen LogP contribution in [0.4, 0.5) is 5.69 Å². The molecule has 0 unspecified atom stereocenters. The lowest BCUT2D eigenvalue weighted by Gasteiger charge is -2.54. The molecule has 1 heterocycles. The summed E-state index contributed by atoms with van der Waals surface area (Å²) in [6.07, 6.45) is 0.138. The smallest absolute Gasteiger partial charge is 0.248 e. The molecule has 2 bridgehead atoms. The van der Waals surface area contributed by atoms with Crippen LogP contribution >= 0.6 is 23.2 Å². The Kier molecular flexibility index (Phi) is 6.03. The van der Waals surface area contributed by atoms with Crippen molar-refractivity contribution in [1.29, 1.82) is 0 Å². The van der Waals surface area contributed by atoms with Gasteiger partial charge >= 0.3 is 0 Å². The van der Waals surface area contributed by atoms with Gasteiger partial charge in [0.1, 0.15) is 15.8 Å². The second-order valence-electron chi connectivity index (χ2n) is 11.7. The van der Waals surface area contributed by atoms with Crippen molar-refractivity contribution in [3.63, 3.8) is 0 Å². The fourth-order valence-corrected chi connectivity index (χ4v) is 8.78. The van der Waals surface area contributed by atoms with E-state index in [4.69, 9.17) is 23.2 Å². The maximum atomic E-state index is 14.7. The Balaban J connectivity index is 1.26. The summed E-state index contributed by atoms with van der Waals surface area (Å²) in [4.78, 5) is 42.2. The molecule has 0 aromatic heterocycles. The first-order valence-electron chi connectivity index (χ1n) is 14.6. The minimum Gasteiger partial charge on any atom is -0.324 e. The van der Waals surface area contributed by atoms with Gasteiger partial charge in [-0.15, -0.1) is 23.2 Å². The lowest BCUT2D eigenvalue weighted by molar-refractivity contribution is -0.146. The summed E-state index contributed by atoms with van der Waals surface area (Å²) < 4.78 is 0. The van der Waals surface area contributed by atoms with Gasteiger partial charge in [0.25, 0.3) is 0 Å². The van der Waals surface area contributed by atoms with E-state index in [1.165, 1.54) is 0 Å². The highest BCUT2D eigenvalue weighted by Gasteiger charge is 2.73. The summed E-state index contributed by atoms with van der Waals surface area (Å²) in [6, 6.07) is 36.7. The molecule has 4 aliphatic rings. The molecule has 44 heavy (non-hydrogen) atoms. The van der Waals surface area contributed by atoms with Crippen LogP contribution in [0.1, 0.15) is 27.8 Å². The lowest BCUT2D eigenvalue weighted by Crippen LogP contribution is -2.57. The molecule has 3 amide bonds. The van der Waals surface area contributed by atoms with Crippen LogP contribution in [-0.4, -0.2) is 28.7 Å². The van der Waals surface area contributed by atoms with E-state index in [9.17, 15) is 14.4 Å². The van der Waals surface area contributed by atoms with Gasteiger partial charge in [0, 0.05) is 17.5 Å². The number of fused-ring (bicyclic) bond motifs is 1. The first-order valence-corrected chi connectivity index (χ1v) is 15.4.